The SMILES string of the molecule is O=C(Cc1ccc(N(Cc2cccc(F)c2)C(=O)/C=C/c2ccccc2)cc1)NC[C@H]1CCCO1. The Morgan fingerprint density at radius 2 is 1.80 bits per heavy atom. The smallest absolute Gasteiger partial charge is 0.251 e. The Kier molecular flexibility index (Phi) is 8.41. The average Bonchev–Trinajstić information content (AvgIpc) is 3.40. The van der Waals surface area contributed by atoms with E-state index in [1.54, 1.807) is 23.1 Å². The highest BCUT2D eigenvalue weighted by atomic mass is 19.1. The number of carbonyl (C=O) groups excluding carboxylic acids is 2. The minimum Gasteiger partial charge on any atom is -0.376 e. The molecular weight excluding hydrogens is 443 g/mol. The fourth-order valence-corrected chi connectivity index (χ4v) is 4.01. The highest BCUT2D eigenvalue weighted by Gasteiger charge is 2.17. The van der Waals surface area contributed by atoms with Gasteiger partial charge < -0.3 is 15.0 Å². The van der Waals surface area contributed by atoms with E-state index in [1.807, 2.05) is 54.6 Å². The number of nitrogens with zero attached hydrogens (tertiary/aromatic N) is 1. The van der Waals surface area contributed by atoms with Gasteiger partial charge >= 0.3 is 0 Å². The lowest BCUT2D eigenvalue weighted by molar-refractivity contribution is -0.121. The van der Waals surface area contributed by atoms with Gasteiger partial charge in [-0.05, 0) is 59.9 Å². The van der Waals surface area contributed by atoms with Gasteiger partial charge in [-0.2, -0.15) is 0 Å². The number of rotatable bonds is 9. The number of ether oxygens (including phenoxy) is 1. The molecule has 1 aliphatic heterocycles. The van der Waals surface area contributed by atoms with Gasteiger partial charge in [0.1, 0.15) is 5.82 Å². The van der Waals surface area contributed by atoms with Crippen molar-refractivity contribution in [2.45, 2.75) is 31.9 Å². The van der Waals surface area contributed by atoms with E-state index in [2.05, 4.69) is 5.32 Å². The van der Waals surface area contributed by atoms with E-state index < -0.39 is 0 Å². The number of carbonyl (C=O) groups is 2. The summed E-state index contributed by atoms with van der Waals surface area (Å²) < 4.78 is 19.3. The first-order valence-corrected chi connectivity index (χ1v) is 11.8. The summed E-state index contributed by atoms with van der Waals surface area (Å²) in [6.07, 6.45) is 5.64. The molecule has 5 nitrogen and oxygen atoms in total. The number of amides is 2. The zero-order chi connectivity index (χ0) is 24.5. The van der Waals surface area contributed by atoms with Gasteiger partial charge in [-0.3, -0.25) is 9.59 Å². The summed E-state index contributed by atoms with van der Waals surface area (Å²) in [4.78, 5) is 27.1. The Balaban J connectivity index is 1.46. The number of hydrogen-bond donors (Lipinski definition) is 1. The van der Waals surface area contributed by atoms with Crippen molar-refractivity contribution in [2.75, 3.05) is 18.1 Å². The van der Waals surface area contributed by atoms with Crippen LogP contribution in [0.3, 0.4) is 0 Å². The molecule has 3 aromatic carbocycles. The van der Waals surface area contributed by atoms with Gasteiger partial charge in [0, 0.05) is 24.9 Å². The molecule has 0 unspecified atom stereocenters. The van der Waals surface area contributed by atoms with Crippen LogP contribution < -0.4 is 10.2 Å². The number of hydrogen-bond acceptors (Lipinski definition) is 3. The monoisotopic (exact) mass is 472 g/mol. The quantitative estimate of drug-likeness (QED) is 0.450. The Morgan fingerprint density at radius 1 is 1.00 bits per heavy atom. The largest absolute Gasteiger partial charge is 0.376 e. The Labute approximate surface area is 205 Å². The third-order valence-corrected chi connectivity index (χ3v) is 5.88. The van der Waals surface area contributed by atoms with Gasteiger partial charge in [-0.15, -0.1) is 0 Å². The molecule has 1 atom stereocenters. The lowest BCUT2D eigenvalue weighted by atomic mass is 10.1. The molecule has 6 heteroatoms. The average molecular weight is 473 g/mol. The third-order valence-electron chi connectivity index (χ3n) is 5.88. The maximum atomic E-state index is 13.8. The van der Waals surface area contributed by atoms with Gasteiger partial charge in [0.25, 0.3) is 5.91 Å². The van der Waals surface area contributed by atoms with E-state index in [1.165, 1.54) is 18.2 Å². The first kappa shape index (κ1) is 24.4. The molecule has 0 saturated carbocycles. The Hall–Kier alpha value is -3.77. The van der Waals surface area contributed by atoms with Gasteiger partial charge in [-0.1, -0.05) is 54.6 Å². The number of anilines is 1. The normalized spacial score (nSPS) is 15.3. The summed E-state index contributed by atoms with van der Waals surface area (Å²) in [5.41, 5.74) is 3.11. The first-order valence-electron chi connectivity index (χ1n) is 11.8. The highest BCUT2D eigenvalue weighted by molar-refractivity contribution is 6.03. The lowest BCUT2D eigenvalue weighted by Crippen LogP contribution is -2.32. The number of halogens is 1. The zero-order valence-electron chi connectivity index (χ0n) is 19.5. The summed E-state index contributed by atoms with van der Waals surface area (Å²) >= 11 is 0. The minimum atomic E-state index is -0.348. The van der Waals surface area contributed by atoms with Crippen molar-refractivity contribution in [3.8, 4) is 0 Å². The Morgan fingerprint density at radius 3 is 2.51 bits per heavy atom. The molecule has 0 bridgehead atoms. The van der Waals surface area contributed by atoms with Crippen LogP contribution in [0.25, 0.3) is 6.08 Å². The van der Waals surface area contributed by atoms with E-state index in [4.69, 9.17) is 4.74 Å². The van der Waals surface area contributed by atoms with E-state index in [0.29, 0.717) is 17.8 Å². The minimum absolute atomic E-state index is 0.0632. The van der Waals surface area contributed by atoms with Crippen LogP contribution >= 0.6 is 0 Å². The van der Waals surface area contributed by atoms with Crippen LogP contribution in [0.15, 0.2) is 84.9 Å². The van der Waals surface area contributed by atoms with Gasteiger partial charge in [0.05, 0.1) is 19.1 Å². The number of nitrogens with one attached hydrogen (secondary N) is 1. The molecule has 1 aliphatic rings. The van der Waals surface area contributed by atoms with E-state index in [9.17, 15) is 14.0 Å². The van der Waals surface area contributed by atoms with E-state index in [-0.39, 0.29) is 36.7 Å². The number of benzene rings is 3. The first-order chi connectivity index (χ1) is 17.1. The van der Waals surface area contributed by atoms with Crippen molar-refractivity contribution in [3.05, 3.63) is 107 Å². The predicted molar refractivity (Wildman–Crippen MR) is 135 cm³/mol. The maximum absolute atomic E-state index is 13.8. The predicted octanol–water partition coefficient (Wildman–Crippen LogP) is 4.91. The van der Waals surface area contributed by atoms with Crippen molar-refractivity contribution >= 4 is 23.6 Å². The summed E-state index contributed by atoms with van der Waals surface area (Å²) in [7, 11) is 0. The zero-order valence-corrected chi connectivity index (χ0v) is 19.5. The fraction of sp³-hybridized carbons (Fsp3) is 0.241. The van der Waals surface area contributed by atoms with Crippen molar-refractivity contribution in [3.63, 3.8) is 0 Å². The van der Waals surface area contributed by atoms with Crippen molar-refractivity contribution < 1.29 is 18.7 Å². The molecule has 4 rings (SSSR count). The second kappa shape index (κ2) is 12.1. The maximum Gasteiger partial charge on any atom is 0.251 e. The van der Waals surface area contributed by atoms with Gasteiger partial charge in [-0.25, -0.2) is 4.39 Å². The summed E-state index contributed by atoms with van der Waals surface area (Å²) in [5, 5.41) is 2.93. The van der Waals surface area contributed by atoms with E-state index in [0.717, 1.165) is 30.6 Å². The molecular formula is C29H29FN2O3. The van der Waals surface area contributed by atoms with Crippen LogP contribution in [0, 0.1) is 5.82 Å². The van der Waals surface area contributed by atoms with Gasteiger partial charge in [0.2, 0.25) is 5.91 Å². The van der Waals surface area contributed by atoms with Crippen LogP contribution in [0.2, 0.25) is 0 Å². The molecule has 1 fully saturated rings. The van der Waals surface area contributed by atoms with Crippen molar-refractivity contribution in [1.82, 2.24) is 5.32 Å². The topological polar surface area (TPSA) is 58.6 Å². The molecule has 0 spiro atoms. The van der Waals surface area contributed by atoms with Crippen LogP contribution in [0.5, 0.6) is 0 Å². The molecule has 0 radical (unpaired) electrons. The van der Waals surface area contributed by atoms with Crippen molar-refractivity contribution in [1.29, 1.82) is 0 Å². The lowest BCUT2D eigenvalue weighted by Gasteiger charge is -2.22. The van der Waals surface area contributed by atoms with Gasteiger partial charge in [0.15, 0.2) is 0 Å². The standard InChI is InChI=1S/C29H29FN2O3/c30-25-9-4-8-24(18-25)21-32(29(34)16-13-22-6-2-1-3-7-22)26-14-11-23(12-15-26)19-28(33)31-20-27-10-5-17-35-27/h1-4,6-9,11-16,18,27H,5,10,17,19-21H2,(H,31,33)/b16-13+/t27-/m1/s1. The molecule has 1 saturated heterocycles. The molecule has 0 aromatic heterocycles. The van der Waals surface area contributed by atoms with Crippen LogP contribution in [0.1, 0.15) is 29.5 Å². The molecule has 3 aromatic rings. The third kappa shape index (κ3) is 7.36. The van der Waals surface area contributed by atoms with Crippen molar-refractivity contribution in [2.24, 2.45) is 0 Å². The molecule has 1 N–H and O–H groups in total. The summed E-state index contributed by atoms with van der Waals surface area (Å²) in [5.74, 6) is -0.633. The molecule has 180 valence electrons. The van der Waals surface area contributed by atoms with E-state index >= 15 is 0 Å². The Bertz CT molecular complexity index is 1160. The molecule has 35 heavy (non-hydrogen) atoms. The fourth-order valence-electron chi connectivity index (χ4n) is 4.01. The second-order valence-electron chi connectivity index (χ2n) is 8.58. The summed E-state index contributed by atoms with van der Waals surface area (Å²) in [6, 6.07) is 23.1. The van der Waals surface area contributed by atoms with Crippen LogP contribution in [-0.2, 0) is 27.3 Å². The van der Waals surface area contributed by atoms with Crippen LogP contribution in [0.4, 0.5) is 10.1 Å². The molecule has 2 amide bonds. The molecule has 1 heterocycles. The second-order valence-corrected chi connectivity index (χ2v) is 8.58. The highest BCUT2D eigenvalue weighted by Crippen LogP contribution is 2.20. The summed E-state index contributed by atoms with van der Waals surface area (Å²) in [6.45, 7) is 1.50. The van der Waals surface area contributed by atoms with Crippen LogP contribution in [-0.4, -0.2) is 31.1 Å². The molecule has 0 aliphatic carbocycles.